The minimum absolute atomic E-state index is 0.0637. The lowest BCUT2D eigenvalue weighted by Crippen LogP contribution is -2.41. The van der Waals surface area contributed by atoms with Gasteiger partial charge in [0, 0.05) is 17.9 Å². The van der Waals surface area contributed by atoms with Crippen LogP contribution in [0.2, 0.25) is 0 Å². The van der Waals surface area contributed by atoms with Crippen LogP contribution in [-0.4, -0.2) is 17.9 Å². The number of hydrogen-bond donors (Lipinski definition) is 2. The van der Waals surface area contributed by atoms with E-state index in [1.807, 2.05) is 0 Å². The summed E-state index contributed by atoms with van der Waals surface area (Å²) in [4.78, 5) is 24.7. The van der Waals surface area contributed by atoms with Crippen molar-refractivity contribution < 1.29 is 18.4 Å². The maximum atomic E-state index is 13.7. The molecule has 0 saturated heterocycles. The molecule has 1 aromatic rings. The maximum Gasteiger partial charge on any atom is 0.227 e. The zero-order valence-electron chi connectivity index (χ0n) is 14.9. The van der Waals surface area contributed by atoms with Gasteiger partial charge < -0.3 is 10.6 Å². The van der Waals surface area contributed by atoms with Crippen LogP contribution >= 0.6 is 0 Å². The highest BCUT2D eigenvalue weighted by molar-refractivity contribution is 5.93. The minimum atomic E-state index is -0.779. The van der Waals surface area contributed by atoms with Gasteiger partial charge in [-0.2, -0.15) is 0 Å². The monoisotopic (exact) mass is 364 g/mol. The van der Waals surface area contributed by atoms with Crippen LogP contribution in [0.5, 0.6) is 0 Å². The number of para-hydroxylation sites is 1. The number of carbonyl (C=O) groups is 2. The predicted molar refractivity (Wildman–Crippen MR) is 95.5 cm³/mol. The number of hydrogen-bond acceptors (Lipinski definition) is 2. The van der Waals surface area contributed by atoms with Gasteiger partial charge in [-0.3, -0.25) is 9.59 Å². The van der Waals surface area contributed by atoms with Crippen LogP contribution in [0, 0.1) is 23.5 Å². The second-order valence-electron chi connectivity index (χ2n) is 7.48. The molecule has 2 aliphatic carbocycles. The predicted octanol–water partition coefficient (Wildman–Crippen LogP) is 4.16. The Morgan fingerprint density at radius 1 is 0.808 bits per heavy atom. The maximum absolute atomic E-state index is 13.7. The lowest BCUT2D eigenvalue weighted by molar-refractivity contribution is -0.129. The first-order valence-electron chi connectivity index (χ1n) is 9.60. The van der Waals surface area contributed by atoms with Gasteiger partial charge in [0.2, 0.25) is 11.8 Å². The lowest BCUT2D eigenvalue weighted by Gasteiger charge is -2.30. The largest absolute Gasteiger partial charge is 0.353 e. The summed E-state index contributed by atoms with van der Waals surface area (Å²) in [5, 5.41) is 5.52. The van der Waals surface area contributed by atoms with Crippen LogP contribution in [-0.2, 0) is 9.59 Å². The Kier molecular flexibility index (Phi) is 6.22. The van der Waals surface area contributed by atoms with E-state index in [0.717, 1.165) is 25.0 Å². The molecule has 2 aliphatic rings. The molecule has 26 heavy (non-hydrogen) atoms. The number of benzene rings is 1. The molecule has 0 spiro atoms. The highest BCUT2D eigenvalue weighted by Gasteiger charge is 2.31. The molecule has 2 saturated carbocycles. The summed E-state index contributed by atoms with van der Waals surface area (Å²) in [6, 6.07) is 3.79. The second kappa shape index (κ2) is 8.60. The molecule has 2 N–H and O–H groups in total. The third-order valence-electron chi connectivity index (χ3n) is 5.63. The van der Waals surface area contributed by atoms with E-state index in [9.17, 15) is 18.4 Å². The molecule has 4 nitrogen and oxygen atoms in total. The lowest BCUT2D eigenvalue weighted by atomic mass is 9.80. The van der Waals surface area contributed by atoms with Gasteiger partial charge in [0.25, 0.3) is 0 Å². The van der Waals surface area contributed by atoms with Crippen molar-refractivity contribution in [2.75, 3.05) is 5.32 Å². The number of halogens is 2. The van der Waals surface area contributed by atoms with Crippen LogP contribution in [0.1, 0.15) is 57.8 Å². The second-order valence-corrected chi connectivity index (χ2v) is 7.48. The summed E-state index contributed by atoms with van der Waals surface area (Å²) < 4.78 is 27.3. The molecule has 1 aromatic carbocycles. The van der Waals surface area contributed by atoms with E-state index in [0.29, 0.717) is 31.7 Å². The molecule has 0 aliphatic heterocycles. The van der Waals surface area contributed by atoms with Gasteiger partial charge in [-0.1, -0.05) is 25.3 Å². The summed E-state index contributed by atoms with van der Waals surface area (Å²) >= 11 is 0. The fourth-order valence-corrected chi connectivity index (χ4v) is 4.03. The van der Waals surface area contributed by atoms with E-state index in [1.54, 1.807) is 0 Å². The number of nitrogens with one attached hydrogen (secondary N) is 2. The van der Waals surface area contributed by atoms with Crippen molar-refractivity contribution in [1.29, 1.82) is 0 Å². The average Bonchev–Trinajstić information content (AvgIpc) is 2.65. The molecule has 0 unspecified atom stereocenters. The Bertz CT molecular complexity index is 631. The van der Waals surface area contributed by atoms with E-state index < -0.39 is 17.3 Å². The fourth-order valence-electron chi connectivity index (χ4n) is 4.03. The summed E-state index contributed by atoms with van der Waals surface area (Å²) in [5.41, 5.74) is -0.394. The first kappa shape index (κ1) is 18.8. The zero-order valence-corrected chi connectivity index (χ0v) is 14.9. The summed E-state index contributed by atoms with van der Waals surface area (Å²) in [6.45, 7) is 0. The topological polar surface area (TPSA) is 58.2 Å². The molecule has 0 heterocycles. The summed E-state index contributed by atoms with van der Waals surface area (Å²) in [7, 11) is 0. The zero-order chi connectivity index (χ0) is 18.5. The van der Waals surface area contributed by atoms with E-state index in [4.69, 9.17) is 0 Å². The van der Waals surface area contributed by atoms with Crippen molar-refractivity contribution in [2.45, 2.75) is 63.8 Å². The van der Waals surface area contributed by atoms with Crippen LogP contribution in [0.25, 0.3) is 0 Å². The van der Waals surface area contributed by atoms with Crippen molar-refractivity contribution in [3.8, 4) is 0 Å². The molecular weight excluding hydrogens is 338 g/mol. The van der Waals surface area contributed by atoms with Crippen molar-refractivity contribution in [2.24, 2.45) is 11.8 Å². The molecule has 0 aromatic heterocycles. The molecule has 142 valence electrons. The number of anilines is 1. The third-order valence-corrected chi connectivity index (χ3v) is 5.63. The van der Waals surface area contributed by atoms with Gasteiger partial charge in [-0.25, -0.2) is 8.78 Å². The van der Waals surface area contributed by atoms with Gasteiger partial charge in [-0.15, -0.1) is 0 Å². The molecular formula is C20H26F2N2O2. The van der Waals surface area contributed by atoms with Gasteiger partial charge in [0.1, 0.15) is 17.3 Å². The molecule has 3 rings (SSSR count). The number of rotatable bonds is 4. The quantitative estimate of drug-likeness (QED) is 0.843. The van der Waals surface area contributed by atoms with E-state index in [1.165, 1.54) is 25.3 Å². The van der Waals surface area contributed by atoms with Crippen LogP contribution in [0.15, 0.2) is 18.2 Å². The number of carbonyl (C=O) groups excluding carboxylic acids is 2. The van der Waals surface area contributed by atoms with E-state index >= 15 is 0 Å². The highest BCUT2D eigenvalue weighted by atomic mass is 19.1. The Hall–Kier alpha value is -1.98. The van der Waals surface area contributed by atoms with Crippen molar-refractivity contribution in [3.63, 3.8) is 0 Å². The standard InChI is InChI=1S/C20H26F2N2O2/c21-16-7-4-8-17(22)18(16)24-20(26)14-11-9-13(10-12-14)19(25)23-15-5-2-1-3-6-15/h4,7-8,13-15H,1-3,5-6,9-12H2,(H,23,25)(H,24,26). The van der Waals surface area contributed by atoms with Crippen molar-refractivity contribution >= 4 is 17.5 Å². The molecule has 6 heteroatoms. The smallest absolute Gasteiger partial charge is 0.227 e. The Balaban J connectivity index is 1.48. The van der Waals surface area contributed by atoms with Gasteiger partial charge >= 0.3 is 0 Å². The molecule has 2 fully saturated rings. The van der Waals surface area contributed by atoms with Gasteiger partial charge in [-0.05, 0) is 50.7 Å². The first-order chi connectivity index (χ1) is 12.5. The summed E-state index contributed by atoms with van der Waals surface area (Å²) in [6.07, 6.45) is 8.08. The normalized spacial score (nSPS) is 24.1. The number of amides is 2. The Morgan fingerprint density at radius 2 is 1.35 bits per heavy atom. The molecule has 0 radical (unpaired) electrons. The SMILES string of the molecule is O=C(Nc1c(F)cccc1F)C1CCC(C(=O)NC2CCCCC2)CC1. The van der Waals surface area contributed by atoms with Crippen LogP contribution < -0.4 is 10.6 Å². The Labute approximate surface area is 152 Å². The fraction of sp³-hybridized carbons (Fsp3) is 0.600. The molecule has 0 atom stereocenters. The summed E-state index contributed by atoms with van der Waals surface area (Å²) in [5.74, 6) is -2.22. The third kappa shape index (κ3) is 4.59. The van der Waals surface area contributed by atoms with Crippen molar-refractivity contribution in [3.05, 3.63) is 29.8 Å². The minimum Gasteiger partial charge on any atom is -0.353 e. The van der Waals surface area contributed by atoms with Crippen molar-refractivity contribution in [1.82, 2.24) is 5.32 Å². The first-order valence-corrected chi connectivity index (χ1v) is 9.60. The van der Waals surface area contributed by atoms with E-state index in [2.05, 4.69) is 10.6 Å². The van der Waals surface area contributed by atoms with Gasteiger partial charge in [0.05, 0.1) is 0 Å². The highest BCUT2D eigenvalue weighted by Crippen LogP contribution is 2.31. The average molecular weight is 364 g/mol. The van der Waals surface area contributed by atoms with Crippen LogP contribution in [0.3, 0.4) is 0 Å². The molecule has 0 bridgehead atoms. The van der Waals surface area contributed by atoms with Gasteiger partial charge in [0.15, 0.2) is 0 Å². The van der Waals surface area contributed by atoms with E-state index in [-0.39, 0.29) is 23.7 Å². The Morgan fingerprint density at radius 3 is 1.92 bits per heavy atom. The molecule has 2 amide bonds. The van der Waals surface area contributed by atoms with Crippen LogP contribution in [0.4, 0.5) is 14.5 Å².